The summed E-state index contributed by atoms with van der Waals surface area (Å²) in [4.78, 5) is 0. The molecule has 5 saturated carbocycles. The van der Waals surface area contributed by atoms with Crippen molar-refractivity contribution in [3.63, 3.8) is 0 Å². The fourth-order valence-corrected chi connectivity index (χ4v) is 11.8. The molecule has 2 spiro atoms. The molecule has 5 nitrogen and oxygen atoms in total. The normalized spacial score (nSPS) is 59.7. The first-order chi connectivity index (χ1) is 16.2. The van der Waals surface area contributed by atoms with Crippen LogP contribution in [0, 0.1) is 44.8 Å². The Morgan fingerprint density at radius 1 is 0.882 bits per heavy atom. The molecule has 0 radical (unpaired) electrons. The minimum Gasteiger partial charge on any atom is -0.390 e. The highest BCUT2D eigenvalue weighted by Gasteiger charge is 2.84. The molecule has 2 saturated heterocycles. The summed E-state index contributed by atoms with van der Waals surface area (Å²) in [6.07, 6.45) is 11.4. The number of morpholine rings is 1. The highest BCUT2D eigenvalue weighted by molar-refractivity contribution is 5.32. The van der Waals surface area contributed by atoms with Crippen LogP contribution >= 0.6 is 0 Å². The lowest BCUT2D eigenvalue weighted by Gasteiger charge is -2.63. The van der Waals surface area contributed by atoms with Gasteiger partial charge in [-0.3, -0.25) is 0 Å². The van der Waals surface area contributed by atoms with Crippen molar-refractivity contribution in [1.82, 2.24) is 5.32 Å². The van der Waals surface area contributed by atoms with Gasteiger partial charge in [0.1, 0.15) is 0 Å². The van der Waals surface area contributed by atoms with Crippen molar-refractivity contribution >= 4 is 0 Å². The highest BCUT2D eigenvalue weighted by atomic mass is 16.7. The molecule has 0 aromatic rings. The first-order valence-corrected chi connectivity index (χ1v) is 14.5. The predicted octanol–water partition coefficient (Wildman–Crippen LogP) is 4.52. The summed E-state index contributed by atoms with van der Waals surface area (Å²) in [6.45, 7) is 13.3. The fraction of sp³-hybridized carbons (Fsp3) is 1.00. The minimum absolute atomic E-state index is 0.0154. The van der Waals surface area contributed by atoms with Gasteiger partial charge in [0, 0.05) is 25.1 Å². The predicted molar refractivity (Wildman–Crippen MR) is 130 cm³/mol. The second-order valence-electron chi connectivity index (χ2n) is 14.4. The topological polar surface area (TPSA) is 60.0 Å². The van der Waals surface area contributed by atoms with Crippen molar-refractivity contribution in [3.8, 4) is 0 Å². The lowest BCUT2D eigenvalue weighted by atomic mass is 9.41. The van der Waals surface area contributed by atoms with Crippen LogP contribution in [0.3, 0.4) is 0 Å². The van der Waals surface area contributed by atoms with Crippen molar-refractivity contribution in [2.75, 3.05) is 26.3 Å². The standard InChI is InChI=1S/C29H47NO4/c1-25(2)19-7-8-20-27(4)24(31)23-18(6-5-14-33-23)26(27,3)11-12-29(20)17-28(19,29)10-9-21(25)34-22-16-30-13-15-32-22/h18-24,30-31H,5-17H2,1-4H3/t18-,19?,20?,21?,22-,23?,24-,26?,27?,28?,29?/m0/s1. The summed E-state index contributed by atoms with van der Waals surface area (Å²) < 4.78 is 18.9. The maximum absolute atomic E-state index is 11.9. The highest BCUT2D eigenvalue weighted by Crippen LogP contribution is 2.89. The molecule has 7 aliphatic rings. The third-order valence-electron chi connectivity index (χ3n) is 13.5. The molecular weight excluding hydrogens is 426 g/mol. The van der Waals surface area contributed by atoms with E-state index in [4.69, 9.17) is 14.2 Å². The van der Waals surface area contributed by atoms with E-state index in [0.29, 0.717) is 22.7 Å². The molecule has 0 aromatic carbocycles. The van der Waals surface area contributed by atoms with E-state index in [-0.39, 0.29) is 40.8 Å². The van der Waals surface area contributed by atoms with Crippen LogP contribution in [0.15, 0.2) is 0 Å². The number of rotatable bonds is 2. The Labute approximate surface area is 206 Å². The quantitative estimate of drug-likeness (QED) is 0.618. The Morgan fingerprint density at radius 3 is 2.47 bits per heavy atom. The van der Waals surface area contributed by atoms with E-state index in [1.807, 2.05) is 0 Å². The number of hydrogen-bond donors (Lipinski definition) is 2. The van der Waals surface area contributed by atoms with Crippen LogP contribution in [-0.2, 0) is 14.2 Å². The minimum atomic E-state index is -0.303. The molecule has 11 atom stereocenters. The van der Waals surface area contributed by atoms with Gasteiger partial charge in [-0.15, -0.1) is 0 Å². The zero-order valence-electron chi connectivity index (χ0n) is 21.9. The maximum atomic E-state index is 11.9. The van der Waals surface area contributed by atoms with Gasteiger partial charge in [-0.05, 0) is 97.2 Å². The molecule has 34 heavy (non-hydrogen) atoms. The van der Waals surface area contributed by atoms with Gasteiger partial charge in [-0.1, -0.05) is 27.7 Å². The maximum Gasteiger partial charge on any atom is 0.170 e. The van der Waals surface area contributed by atoms with Crippen LogP contribution in [0.25, 0.3) is 0 Å². The second-order valence-corrected chi connectivity index (χ2v) is 14.4. The van der Waals surface area contributed by atoms with E-state index in [0.717, 1.165) is 45.1 Å². The Kier molecular flexibility index (Phi) is 4.87. The summed E-state index contributed by atoms with van der Waals surface area (Å²) in [5.74, 6) is 1.89. The van der Waals surface area contributed by atoms with Gasteiger partial charge in [0.2, 0.25) is 0 Å². The third kappa shape index (κ3) is 2.55. The Morgan fingerprint density at radius 2 is 1.68 bits per heavy atom. The molecule has 0 bridgehead atoms. The molecule has 5 heteroatoms. The molecule has 0 amide bonds. The van der Waals surface area contributed by atoms with Crippen LogP contribution in [0.1, 0.15) is 85.5 Å². The van der Waals surface area contributed by atoms with Crippen molar-refractivity contribution in [1.29, 1.82) is 0 Å². The number of fused-ring (bicyclic) bond motifs is 4. The molecule has 0 aromatic heterocycles. The molecule has 7 fully saturated rings. The largest absolute Gasteiger partial charge is 0.390 e. The van der Waals surface area contributed by atoms with E-state index >= 15 is 0 Å². The average Bonchev–Trinajstić information content (AvgIpc) is 3.47. The van der Waals surface area contributed by atoms with E-state index < -0.39 is 0 Å². The monoisotopic (exact) mass is 473 g/mol. The van der Waals surface area contributed by atoms with Gasteiger partial charge in [0.05, 0.1) is 24.9 Å². The lowest BCUT2D eigenvalue weighted by Crippen LogP contribution is -2.60. The van der Waals surface area contributed by atoms with E-state index in [2.05, 4.69) is 33.0 Å². The Hall–Kier alpha value is -0.200. The van der Waals surface area contributed by atoms with E-state index in [1.54, 1.807) is 0 Å². The van der Waals surface area contributed by atoms with Gasteiger partial charge in [-0.2, -0.15) is 0 Å². The molecular formula is C29H47NO4. The summed E-state index contributed by atoms with van der Waals surface area (Å²) in [5.41, 5.74) is 1.26. The van der Waals surface area contributed by atoms with Gasteiger partial charge in [0.15, 0.2) is 6.29 Å². The number of nitrogens with one attached hydrogen (secondary N) is 1. The van der Waals surface area contributed by atoms with Gasteiger partial charge in [-0.25, -0.2) is 0 Å². The van der Waals surface area contributed by atoms with Crippen molar-refractivity contribution in [2.24, 2.45) is 44.8 Å². The van der Waals surface area contributed by atoms with Crippen LogP contribution in [0.5, 0.6) is 0 Å². The first-order valence-electron chi connectivity index (χ1n) is 14.5. The summed E-state index contributed by atoms with van der Waals surface area (Å²) in [6, 6.07) is 0. The molecule has 7 rings (SSSR count). The zero-order chi connectivity index (χ0) is 23.6. The molecule has 2 aliphatic heterocycles. The van der Waals surface area contributed by atoms with Gasteiger partial charge in [0.25, 0.3) is 0 Å². The van der Waals surface area contributed by atoms with Crippen LogP contribution in [0.4, 0.5) is 0 Å². The molecule has 2 heterocycles. The van der Waals surface area contributed by atoms with Gasteiger partial charge >= 0.3 is 0 Å². The fourth-order valence-electron chi connectivity index (χ4n) is 11.8. The lowest BCUT2D eigenvalue weighted by molar-refractivity contribution is -0.237. The van der Waals surface area contributed by atoms with Gasteiger partial charge < -0.3 is 24.6 Å². The van der Waals surface area contributed by atoms with Crippen molar-refractivity contribution < 1.29 is 19.3 Å². The third-order valence-corrected chi connectivity index (χ3v) is 13.5. The summed E-state index contributed by atoms with van der Waals surface area (Å²) in [7, 11) is 0. The Bertz CT molecular complexity index is 842. The number of ether oxygens (including phenoxy) is 3. The first kappa shape index (κ1) is 23.0. The molecule has 192 valence electrons. The van der Waals surface area contributed by atoms with E-state index in [1.165, 1.54) is 44.9 Å². The van der Waals surface area contributed by atoms with E-state index in [9.17, 15) is 5.11 Å². The average molecular weight is 474 g/mol. The molecule has 2 N–H and O–H groups in total. The second kappa shape index (κ2) is 7.22. The molecule has 8 unspecified atom stereocenters. The van der Waals surface area contributed by atoms with Crippen LogP contribution < -0.4 is 5.32 Å². The Balaban J connectivity index is 1.19. The van der Waals surface area contributed by atoms with Crippen molar-refractivity contribution in [3.05, 3.63) is 0 Å². The zero-order valence-corrected chi connectivity index (χ0v) is 21.9. The van der Waals surface area contributed by atoms with Crippen molar-refractivity contribution in [2.45, 2.75) is 110 Å². The number of aliphatic hydroxyl groups excluding tert-OH is 1. The number of aliphatic hydroxyl groups is 1. The number of hydrogen-bond acceptors (Lipinski definition) is 5. The summed E-state index contributed by atoms with van der Waals surface area (Å²) in [5, 5.41) is 15.3. The van der Waals surface area contributed by atoms with Crippen LogP contribution in [-0.4, -0.2) is 56.0 Å². The smallest absolute Gasteiger partial charge is 0.170 e. The molecule has 5 aliphatic carbocycles. The SMILES string of the molecule is CC1(C)C(O[C@H]2CNCCO2)CCC23CC24CCC2(C)[C@H]5CCCOC5[C@H](O)C2(C)C4CCC13. The van der Waals surface area contributed by atoms with Crippen LogP contribution in [0.2, 0.25) is 0 Å². The summed E-state index contributed by atoms with van der Waals surface area (Å²) >= 11 is 0.